The van der Waals surface area contributed by atoms with Crippen molar-refractivity contribution >= 4 is 5.96 Å². The predicted octanol–water partition coefficient (Wildman–Crippen LogP) is 3.26. The molecule has 1 saturated heterocycles. The molecule has 140 valence electrons. The SMILES string of the molecule is CN=C(NCc1cc(C(C)C)no1)N1CCOC(c2ccccc2C)C1. The molecule has 1 fully saturated rings. The summed E-state index contributed by atoms with van der Waals surface area (Å²) in [6, 6.07) is 10.4. The van der Waals surface area contributed by atoms with Crippen LogP contribution in [0.4, 0.5) is 0 Å². The molecule has 1 aliphatic heterocycles. The van der Waals surface area contributed by atoms with E-state index >= 15 is 0 Å². The summed E-state index contributed by atoms with van der Waals surface area (Å²) in [5.41, 5.74) is 3.47. The average molecular weight is 356 g/mol. The lowest BCUT2D eigenvalue weighted by molar-refractivity contribution is -0.00837. The quantitative estimate of drug-likeness (QED) is 0.673. The smallest absolute Gasteiger partial charge is 0.194 e. The van der Waals surface area contributed by atoms with Gasteiger partial charge in [0.1, 0.15) is 6.10 Å². The lowest BCUT2D eigenvalue weighted by atomic mass is 10.0. The third kappa shape index (κ3) is 4.25. The van der Waals surface area contributed by atoms with Crippen LogP contribution in [0.2, 0.25) is 0 Å². The molecule has 0 aliphatic carbocycles. The van der Waals surface area contributed by atoms with E-state index in [1.165, 1.54) is 11.1 Å². The normalized spacial score (nSPS) is 18.4. The van der Waals surface area contributed by atoms with Gasteiger partial charge in [0.15, 0.2) is 11.7 Å². The van der Waals surface area contributed by atoms with Crippen LogP contribution in [0.1, 0.15) is 48.5 Å². The summed E-state index contributed by atoms with van der Waals surface area (Å²) in [5.74, 6) is 2.04. The monoisotopic (exact) mass is 356 g/mol. The summed E-state index contributed by atoms with van der Waals surface area (Å²) in [7, 11) is 1.81. The number of ether oxygens (including phenoxy) is 1. The summed E-state index contributed by atoms with van der Waals surface area (Å²) in [4.78, 5) is 6.67. The number of hydrogen-bond donors (Lipinski definition) is 1. The number of guanidine groups is 1. The molecule has 1 atom stereocenters. The van der Waals surface area contributed by atoms with Crippen LogP contribution >= 0.6 is 0 Å². The third-order valence-electron chi connectivity index (χ3n) is 4.70. The first-order valence-corrected chi connectivity index (χ1v) is 9.16. The molecular weight excluding hydrogens is 328 g/mol. The highest BCUT2D eigenvalue weighted by Crippen LogP contribution is 2.25. The van der Waals surface area contributed by atoms with Crippen molar-refractivity contribution in [3.63, 3.8) is 0 Å². The van der Waals surface area contributed by atoms with Crippen molar-refractivity contribution in [2.24, 2.45) is 4.99 Å². The van der Waals surface area contributed by atoms with Crippen molar-refractivity contribution in [2.75, 3.05) is 26.7 Å². The second kappa shape index (κ2) is 8.36. The molecule has 1 aromatic heterocycles. The standard InChI is InChI=1S/C20H28N4O2/c1-14(2)18-11-16(26-23-18)12-22-20(21-4)24-9-10-25-19(13-24)17-8-6-5-7-15(17)3/h5-8,11,14,19H,9-10,12-13H2,1-4H3,(H,21,22). The minimum Gasteiger partial charge on any atom is -0.370 e. The minimum absolute atomic E-state index is 0.0568. The van der Waals surface area contributed by atoms with Gasteiger partial charge in [0.05, 0.1) is 25.4 Å². The van der Waals surface area contributed by atoms with E-state index in [0.29, 0.717) is 19.1 Å². The number of nitrogens with one attached hydrogen (secondary N) is 1. The Morgan fingerprint density at radius 1 is 1.38 bits per heavy atom. The molecule has 6 heteroatoms. The number of aliphatic imine (C=N–C) groups is 1. The lowest BCUT2D eigenvalue weighted by Gasteiger charge is -2.35. The Balaban J connectivity index is 1.63. The zero-order valence-electron chi connectivity index (χ0n) is 16.0. The van der Waals surface area contributed by atoms with Crippen molar-refractivity contribution in [1.29, 1.82) is 0 Å². The van der Waals surface area contributed by atoms with Crippen molar-refractivity contribution in [3.8, 4) is 0 Å². The first-order chi connectivity index (χ1) is 12.6. The van der Waals surface area contributed by atoms with Crippen molar-refractivity contribution in [1.82, 2.24) is 15.4 Å². The van der Waals surface area contributed by atoms with Gasteiger partial charge >= 0.3 is 0 Å². The fourth-order valence-corrected chi connectivity index (χ4v) is 3.16. The zero-order chi connectivity index (χ0) is 18.5. The maximum absolute atomic E-state index is 6.01. The van der Waals surface area contributed by atoms with Gasteiger partial charge < -0.3 is 19.5 Å². The Morgan fingerprint density at radius 3 is 2.88 bits per heavy atom. The summed E-state index contributed by atoms with van der Waals surface area (Å²) < 4.78 is 11.4. The van der Waals surface area contributed by atoms with Crippen molar-refractivity contribution in [2.45, 2.75) is 39.3 Å². The van der Waals surface area contributed by atoms with Crippen LogP contribution in [0.25, 0.3) is 0 Å². The van der Waals surface area contributed by atoms with Crippen LogP contribution in [-0.4, -0.2) is 42.8 Å². The second-order valence-corrected chi connectivity index (χ2v) is 6.94. The van der Waals surface area contributed by atoms with Gasteiger partial charge in [0, 0.05) is 19.7 Å². The molecule has 26 heavy (non-hydrogen) atoms. The van der Waals surface area contributed by atoms with Gasteiger partial charge in [-0.2, -0.15) is 0 Å². The van der Waals surface area contributed by atoms with Gasteiger partial charge in [-0.1, -0.05) is 43.3 Å². The molecule has 1 aliphatic rings. The Hall–Kier alpha value is -2.34. The Morgan fingerprint density at radius 2 is 2.19 bits per heavy atom. The van der Waals surface area contributed by atoms with Crippen LogP contribution in [0.15, 0.2) is 39.8 Å². The summed E-state index contributed by atoms with van der Waals surface area (Å²) in [5, 5.41) is 7.49. The molecule has 2 heterocycles. The number of aryl methyl sites for hydroxylation is 1. The molecule has 6 nitrogen and oxygen atoms in total. The van der Waals surface area contributed by atoms with Crippen molar-refractivity contribution in [3.05, 3.63) is 52.9 Å². The van der Waals surface area contributed by atoms with Crippen LogP contribution in [-0.2, 0) is 11.3 Å². The summed E-state index contributed by atoms with van der Waals surface area (Å²) in [6.45, 7) is 9.17. The molecule has 0 spiro atoms. The molecule has 1 unspecified atom stereocenters. The Labute approximate surface area is 155 Å². The molecule has 0 saturated carbocycles. The number of benzene rings is 1. The molecular formula is C20H28N4O2. The summed E-state index contributed by atoms with van der Waals surface area (Å²) in [6.07, 6.45) is 0.0568. The van der Waals surface area contributed by atoms with Crippen LogP contribution in [0.3, 0.4) is 0 Å². The van der Waals surface area contributed by atoms with Gasteiger partial charge in [-0.05, 0) is 24.0 Å². The molecule has 0 radical (unpaired) electrons. The van der Waals surface area contributed by atoms with Crippen molar-refractivity contribution < 1.29 is 9.26 Å². The van der Waals surface area contributed by atoms with E-state index in [9.17, 15) is 0 Å². The van der Waals surface area contributed by atoms with Gasteiger partial charge in [0.2, 0.25) is 0 Å². The van der Waals surface area contributed by atoms with Gasteiger partial charge in [0.25, 0.3) is 0 Å². The van der Waals surface area contributed by atoms with E-state index in [1.807, 2.05) is 6.07 Å². The molecule has 0 amide bonds. The maximum atomic E-state index is 6.01. The van der Waals surface area contributed by atoms with Crippen LogP contribution in [0.5, 0.6) is 0 Å². The fraction of sp³-hybridized carbons (Fsp3) is 0.500. The van der Waals surface area contributed by atoms with E-state index < -0.39 is 0 Å². The first kappa shape index (κ1) is 18.5. The summed E-state index contributed by atoms with van der Waals surface area (Å²) >= 11 is 0. The number of aromatic nitrogens is 1. The Bertz CT molecular complexity index is 754. The highest BCUT2D eigenvalue weighted by molar-refractivity contribution is 5.80. The first-order valence-electron chi connectivity index (χ1n) is 9.16. The zero-order valence-corrected chi connectivity index (χ0v) is 16.0. The average Bonchev–Trinajstić information content (AvgIpc) is 3.12. The second-order valence-electron chi connectivity index (χ2n) is 6.94. The van der Waals surface area contributed by atoms with Gasteiger partial charge in [-0.25, -0.2) is 0 Å². The lowest BCUT2D eigenvalue weighted by Crippen LogP contribution is -2.48. The molecule has 2 aromatic rings. The molecule has 1 aromatic carbocycles. The van der Waals surface area contributed by atoms with Crippen LogP contribution < -0.4 is 5.32 Å². The maximum Gasteiger partial charge on any atom is 0.194 e. The molecule has 0 bridgehead atoms. The van der Waals surface area contributed by atoms with Gasteiger partial charge in [-0.3, -0.25) is 4.99 Å². The van der Waals surface area contributed by atoms with E-state index in [2.05, 4.69) is 65.4 Å². The number of morpholine rings is 1. The minimum atomic E-state index is 0.0568. The highest BCUT2D eigenvalue weighted by atomic mass is 16.5. The molecule has 1 N–H and O–H groups in total. The Kier molecular flexibility index (Phi) is 5.93. The largest absolute Gasteiger partial charge is 0.370 e. The van der Waals surface area contributed by atoms with E-state index in [4.69, 9.17) is 9.26 Å². The third-order valence-corrected chi connectivity index (χ3v) is 4.70. The number of nitrogens with zero attached hydrogens (tertiary/aromatic N) is 3. The van der Waals surface area contributed by atoms with Gasteiger partial charge in [-0.15, -0.1) is 0 Å². The number of rotatable bonds is 4. The van der Waals surface area contributed by atoms with E-state index in [0.717, 1.165) is 30.5 Å². The molecule has 3 rings (SSSR count). The number of hydrogen-bond acceptors (Lipinski definition) is 4. The van der Waals surface area contributed by atoms with E-state index in [-0.39, 0.29) is 6.10 Å². The highest BCUT2D eigenvalue weighted by Gasteiger charge is 2.25. The van der Waals surface area contributed by atoms with E-state index in [1.54, 1.807) is 7.05 Å². The topological polar surface area (TPSA) is 62.9 Å². The predicted molar refractivity (Wildman–Crippen MR) is 102 cm³/mol. The van der Waals surface area contributed by atoms with Crippen LogP contribution in [0, 0.1) is 6.92 Å². The fourth-order valence-electron chi connectivity index (χ4n) is 3.16.